The van der Waals surface area contributed by atoms with Crippen LogP contribution in [0.1, 0.15) is 6.42 Å². The second-order valence-electron chi connectivity index (χ2n) is 7.60. The monoisotopic (exact) mass is 418 g/mol. The third-order valence-corrected chi connectivity index (χ3v) is 5.42. The lowest BCUT2D eigenvalue weighted by Crippen LogP contribution is -2.39. The van der Waals surface area contributed by atoms with E-state index < -0.39 is 0 Å². The molecule has 3 aromatic carbocycles. The molecule has 0 aliphatic carbocycles. The number of nitrogens with one attached hydrogen (secondary N) is 1. The first-order chi connectivity index (χ1) is 15.2. The second-order valence-corrected chi connectivity index (χ2v) is 7.60. The van der Waals surface area contributed by atoms with Gasteiger partial charge in [0.05, 0.1) is 6.04 Å². The molecule has 0 saturated carbocycles. The van der Waals surface area contributed by atoms with E-state index in [9.17, 15) is 9.59 Å². The fraction of sp³-hybridized carbons (Fsp3) is 0.250. The van der Waals surface area contributed by atoms with E-state index in [0.29, 0.717) is 37.0 Å². The summed E-state index contributed by atoms with van der Waals surface area (Å²) >= 11 is 0. The summed E-state index contributed by atoms with van der Waals surface area (Å²) in [5.41, 5.74) is 0.735. The molecule has 1 saturated heterocycles. The molecule has 5 rings (SSSR count). The van der Waals surface area contributed by atoms with E-state index in [1.54, 1.807) is 17.0 Å². The van der Waals surface area contributed by atoms with Crippen molar-refractivity contribution in [1.29, 1.82) is 0 Å². The maximum atomic E-state index is 12.5. The Bertz CT molecular complexity index is 1150. The average Bonchev–Trinajstić information content (AvgIpc) is 3.17. The van der Waals surface area contributed by atoms with Crippen molar-refractivity contribution >= 4 is 28.3 Å². The number of ether oxygens (including phenoxy) is 3. The zero-order valence-corrected chi connectivity index (χ0v) is 16.9. The molecule has 0 spiro atoms. The predicted molar refractivity (Wildman–Crippen MR) is 116 cm³/mol. The molecule has 0 aromatic heterocycles. The summed E-state index contributed by atoms with van der Waals surface area (Å²) in [6.07, 6.45) is 0.246. The number of fused-ring (bicyclic) bond motifs is 2. The van der Waals surface area contributed by atoms with Gasteiger partial charge in [-0.3, -0.25) is 9.59 Å². The lowest BCUT2D eigenvalue weighted by atomic mass is 10.1. The number of benzene rings is 3. The molecule has 0 bridgehead atoms. The number of carbonyl (C=O) groups is 2. The summed E-state index contributed by atoms with van der Waals surface area (Å²) in [5, 5.41) is 5.06. The van der Waals surface area contributed by atoms with Crippen LogP contribution in [0.5, 0.6) is 17.2 Å². The first-order valence-electron chi connectivity index (χ1n) is 10.3. The maximum Gasteiger partial charge on any atom is 0.258 e. The summed E-state index contributed by atoms with van der Waals surface area (Å²) in [4.78, 5) is 26.5. The Labute approximate surface area is 179 Å². The quantitative estimate of drug-likeness (QED) is 0.690. The van der Waals surface area contributed by atoms with Gasteiger partial charge in [-0.05, 0) is 35.0 Å². The van der Waals surface area contributed by atoms with Gasteiger partial charge in [0.15, 0.2) is 18.1 Å². The number of carbonyl (C=O) groups excluding carboxylic acids is 2. The van der Waals surface area contributed by atoms with Crippen LogP contribution in [0.25, 0.3) is 10.8 Å². The first kappa shape index (κ1) is 19.2. The van der Waals surface area contributed by atoms with Crippen LogP contribution < -0.4 is 24.4 Å². The van der Waals surface area contributed by atoms with E-state index in [2.05, 4.69) is 5.32 Å². The van der Waals surface area contributed by atoms with Crippen LogP contribution in [0.3, 0.4) is 0 Å². The van der Waals surface area contributed by atoms with E-state index >= 15 is 0 Å². The fourth-order valence-electron chi connectivity index (χ4n) is 3.93. The molecular weight excluding hydrogens is 396 g/mol. The van der Waals surface area contributed by atoms with Crippen molar-refractivity contribution in [3.63, 3.8) is 0 Å². The molecule has 7 nitrogen and oxygen atoms in total. The van der Waals surface area contributed by atoms with E-state index in [1.165, 1.54) is 0 Å². The zero-order chi connectivity index (χ0) is 21.2. The Hall–Kier alpha value is -3.74. The minimum Gasteiger partial charge on any atom is -0.486 e. The Morgan fingerprint density at radius 2 is 1.81 bits per heavy atom. The van der Waals surface area contributed by atoms with Crippen LogP contribution in [-0.2, 0) is 9.59 Å². The lowest BCUT2D eigenvalue weighted by Gasteiger charge is -2.22. The Kier molecular flexibility index (Phi) is 5.08. The van der Waals surface area contributed by atoms with Crippen LogP contribution in [0, 0.1) is 0 Å². The van der Waals surface area contributed by atoms with Gasteiger partial charge in [0, 0.05) is 24.7 Å². The van der Waals surface area contributed by atoms with Gasteiger partial charge < -0.3 is 24.4 Å². The van der Waals surface area contributed by atoms with Gasteiger partial charge in [0.1, 0.15) is 19.0 Å². The highest BCUT2D eigenvalue weighted by molar-refractivity contribution is 5.97. The summed E-state index contributed by atoms with van der Waals surface area (Å²) in [7, 11) is 0. The van der Waals surface area contributed by atoms with Gasteiger partial charge in [-0.15, -0.1) is 0 Å². The normalized spacial score (nSPS) is 17.6. The van der Waals surface area contributed by atoms with Gasteiger partial charge in [-0.2, -0.15) is 0 Å². The van der Waals surface area contributed by atoms with E-state index in [0.717, 1.165) is 16.5 Å². The van der Waals surface area contributed by atoms with Crippen molar-refractivity contribution in [1.82, 2.24) is 5.32 Å². The van der Waals surface area contributed by atoms with Crippen LogP contribution in [-0.4, -0.2) is 44.2 Å². The number of nitrogens with zero attached hydrogens (tertiary/aromatic N) is 1. The van der Waals surface area contributed by atoms with Crippen molar-refractivity contribution in [3.05, 3.63) is 60.7 Å². The smallest absolute Gasteiger partial charge is 0.258 e. The van der Waals surface area contributed by atoms with Gasteiger partial charge in [-0.1, -0.05) is 30.3 Å². The third-order valence-electron chi connectivity index (χ3n) is 5.42. The Morgan fingerprint density at radius 1 is 1.00 bits per heavy atom. The van der Waals surface area contributed by atoms with Crippen molar-refractivity contribution in [2.24, 2.45) is 0 Å². The topological polar surface area (TPSA) is 77.1 Å². The summed E-state index contributed by atoms with van der Waals surface area (Å²) in [5.74, 6) is 1.65. The molecule has 1 N–H and O–H groups in total. The van der Waals surface area contributed by atoms with Crippen LogP contribution >= 0.6 is 0 Å². The summed E-state index contributed by atoms with van der Waals surface area (Å²) in [6.45, 7) is 1.30. The zero-order valence-electron chi connectivity index (χ0n) is 16.9. The van der Waals surface area contributed by atoms with Crippen molar-refractivity contribution < 1.29 is 23.8 Å². The van der Waals surface area contributed by atoms with Gasteiger partial charge in [-0.25, -0.2) is 0 Å². The molecule has 2 heterocycles. The molecule has 0 radical (unpaired) electrons. The Morgan fingerprint density at radius 3 is 2.68 bits per heavy atom. The molecule has 31 heavy (non-hydrogen) atoms. The van der Waals surface area contributed by atoms with Gasteiger partial charge in [0.25, 0.3) is 5.91 Å². The molecule has 1 fully saturated rings. The van der Waals surface area contributed by atoms with Crippen molar-refractivity contribution in [2.45, 2.75) is 12.5 Å². The van der Waals surface area contributed by atoms with Crippen molar-refractivity contribution in [3.8, 4) is 17.2 Å². The highest BCUT2D eigenvalue weighted by Crippen LogP contribution is 2.35. The average molecular weight is 418 g/mol. The molecule has 2 aliphatic rings. The number of hydrogen-bond acceptors (Lipinski definition) is 5. The molecule has 7 heteroatoms. The molecular formula is C24H22N2O5. The standard InChI is InChI=1S/C24H22N2O5/c27-23(15-31-20-7-5-16-3-1-2-4-17(16)11-20)25-18-12-24(28)26(14-18)19-6-8-21-22(13-19)30-10-9-29-21/h1-8,11,13,18H,9-10,12,14-15H2,(H,25,27)/t18-/m1/s1. The fourth-order valence-corrected chi connectivity index (χ4v) is 3.93. The largest absolute Gasteiger partial charge is 0.486 e. The number of rotatable bonds is 5. The molecule has 2 amide bonds. The minimum atomic E-state index is -0.270. The second kappa shape index (κ2) is 8.18. The Balaban J connectivity index is 1.18. The number of anilines is 1. The predicted octanol–water partition coefficient (Wildman–Crippen LogP) is 2.91. The van der Waals surface area contributed by atoms with E-state index in [-0.39, 0.29) is 30.9 Å². The minimum absolute atomic E-state index is 0.0441. The summed E-state index contributed by atoms with van der Waals surface area (Å²) in [6, 6.07) is 18.9. The highest BCUT2D eigenvalue weighted by Gasteiger charge is 2.32. The van der Waals surface area contributed by atoms with Crippen molar-refractivity contribution in [2.75, 3.05) is 31.3 Å². The maximum absolute atomic E-state index is 12.5. The molecule has 0 unspecified atom stereocenters. The number of hydrogen-bond donors (Lipinski definition) is 1. The van der Waals surface area contributed by atoms with Gasteiger partial charge >= 0.3 is 0 Å². The highest BCUT2D eigenvalue weighted by atomic mass is 16.6. The summed E-state index contributed by atoms with van der Waals surface area (Å²) < 4.78 is 16.8. The first-order valence-corrected chi connectivity index (χ1v) is 10.3. The molecule has 158 valence electrons. The van der Waals surface area contributed by atoms with Gasteiger partial charge in [0.2, 0.25) is 5.91 Å². The molecule has 2 aliphatic heterocycles. The third kappa shape index (κ3) is 4.12. The van der Waals surface area contributed by atoms with E-state index in [4.69, 9.17) is 14.2 Å². The molecule has 1 atom stereocenters. The lowest BCUT2D eigenvalue weighted by molar-refractivity contribution is -0.123. The SMILES string of the molecule is O=C(COc1ccc2ccccc2c1)N[C@@H]1CC(=O)N(c2ccc3c(c2)OCCO3)C1. The molecule has 3 aromatic rings. The van der Waals surface area contributed by atoms with Crippen LogP contribution in [0.4, 0.5) is 5.69 Å². The van der Waals surface area contributed by atoms with Crippen LogP contribution in [0.15, 0.2) is 60.7 Å². The van der Waals surface area contributed by atoms with Crippen LogP contribution in [0.2, 0.25) is 0 Å². The van der Waals surface area contributed by atoms with E-state index in [1.807, 2.05) is 48.5 Å². The number of amides is 2.